The molecule has 4 heteroatoms. The van der Waals surface area contributed by atoms with Crippen molar-refractivity contribution in [2.45, 2.75) is 77.1 Å². The Morgan fingerprint density at radius 1 is 1.22 bits per heavy atom. The van der Waals surface area contributed by atoms with Crippen molar-refractivity contribution in [3.05, 3.63) is 11.3 Å². The van der Waals surface area contributed by atoms with Gasteiger partial charge in [-0.1, -0.05) is 32.1 Å². The zero-order valence-electron chi connectivity index (χ0n) is 14.4. The number of halogens is 2. The van der Waals surface area contributed by atoms with E-state index in [4.69, 9.17) is 0 Å². The van der Waals surface area contributed by atoms with E-state index in [0.29, 0.717) is 6.42 Å². The highest BCUT2D eigenvalue weighted by Crippen LogP contribution is 2.32. The average molecular weight is 324 g/mol. The second-order valence-corrected chi connectivity index (χ2v) is 7.79. The minimum absolute atomic E-state index is 0.0716. The van der Waals surface area contributed by atoms with E-state index in [-0.39, 0.29) is 6.42 Å². The molecule has 0 atom stereocenters. The predicted molar refractivity (Wildman–Crippen MR) is 91.2 cm³/mol. The van der Waals surface area contributed by atoms with E-state index in [1.54, 1.807) is 0 Å². The summed E-state index contributed by atoms with van der Waals surface area (Å²) in [6.07, 6.45) is 10.7. The zero-order chi connectivity index (χ0) is 16.3. The number of hydrogen-bond acceptors (Lipinski definition) is 2. The molecule has 0 aromatic rings. The lowest BCUT2D eigenvalue weighted by Crippen LogP contribution is -2.32. The number of alkyl halides is 2. The van der Waals surface area contributed by atoms with Crippen LogP contribution in [0, 0.1) is 5.92 Å². The summed E-state index contributed by atoms with van der Waals surface area (Å²) in [4.78, 5) is 7.20. The summed E-state index contributed by atoms with van der Waals surface area (Å²) >= 11 is 0. The van der Waals surface area contributed by atoms with Gasteiger partial charge in [-0.15, -0.1) is 0 Å². The highest BCUT2D eigenvalue weighted by molar-refractivity contribution is 5.90. The molecule has 0 bridgehead atoms. The quantitative estimate of drug-likeness (QED) is 0.656. The van der Waals surface area contributed by atoms with Crippen molar-refractivity contribution in [3.8, 4) is 0 Å². The molecule has 1 aliphatic carbocycles. The van der Waals surface area contributed by atoms with Crippen molar-refractivity contribution >= 4 is 5.71 Å². The molecular weight excluding hydrogens is 294 g/mol. The molecule has 0 N–H and O–H groups in total. The first-order valence-electron chi connectivity index (χ1n) is 9.37. The fourth-order valence-electron chi connectivity index (χ4n) is 4.16. The molecule has 130 valence electrons. The normalized spacial score (nSPS) is 24.0. The summed E-state index contributed by atoms with van der Waals surface area (Å²) < 4.78 is 26.0. The summed E-state index contributed by atoms with van der Waals surface area (Å²) in [5, 5.41) is 0. The smallest absolute Gasteiger partial charge is 0.245 e. The van der Waals surface area contributed by atoms with Crippen LogP contribution in [0.3, 0.4) is 0 Å². The van der Waals surface area contributed by atoms with Gasteiger partial charge < -0.3 is 0 Å². The highest BCUT2D eigenvalue weighted by Gasteiger charge is 2.27. The third-order valence-electron chi connectivity index (χ3n) is 5.65. The third-order valence-corrected chi connectivity index (χ3v) is 5.65. The standard InChI is InChI=1S/C19H30F2N2/c1-19(20,21)10-7-17-13-16-9-12-23(14-18(16)22-17)11-8-15-5-3-2-4-6-15/h15H,2-14H2,1H3. The SMILES string of the molecule is CC(F)(F)CCC1=NC2=C(CCN(CCC3CCCCC3)C2)C1. The maximum atomic E-state index is 13.0. The fourth-order valence-corrected chi connectivity index (χ4v) is 4.16. The summed E-state index contributed by atoms with van der Waals surface area (Å²) in [5.41, 5.74) is 3.58. The summed E-state index contributed by atoms with van der Waals surface area (Å²) in [6, 6.07) is 0. The van der Waals surface area contributed by atoms with Crippen LogP contribution in [0.4, 0.5) is 8.78 Å². The Balaban J connectivity index is 1.44. The summed E-state index contributed by atoms with van der Waals surface area (Å²) in [7, 11) is 0. The van der Waals surface area contributed by atoms with Gasteiger partial charge in [0.1, 0.15) is 0 Å². The Morgan fingerprint density at radius 3 is 2.74 bits per heavy atom. The maximum Gasteiger partial charge on any atom is 0.245 e. The van der Waals surface area contributed by atoms with Crippen LogP contribution in [0.15, 0.2) is 16.3 Å². The lowest BCUT2D eigenvalue weighted by molar-refractivity contribution is 0.0150. The molecule has 0 spiro atoms. The van der Waals surface area contributed by atoms with E-state index in [2.05, 4.69) is 9.89 Å². The van der Waals surface area contributed by atoms with Gasteiger partial charge in [0, 0.05) is 31.6 Å². The molecule has 0 aromatic heterocycles. The summed E-state index contributed by atoms with van der Waals surface area (Å²) in [6.45, 7) is 4.24. The second-order valence-electron chi connectivity index (χ2n) is 7.79. The van der Waals surface area contributed by atoms with Crippen molar-refractivity contribution < 1.29 is 8.78 Å². The molecule has 0 aromatic carbocycles. The van der Waals surface area contributed by atoms with Crippen LogP contribution >= 0.6 is 0 Å². The molecule has 2 aliphatic heterocycles. The van der Waals surface area contributed by atoms with Crippen molar-refractivity contribution in [2.24, 2.45) is 10.9 Å². The van der Waals surface area contributed by atoms with Gasteiger partial charge in [0.2, 0.25) is 5.92 Å². The number of nitrogens with zero attached hydrogens (tertiary/aromatic N) is 2. The van der Waals surface area contributed by atoms with Gasteiger partial charge in [-0.05, 0) is 44.2 Å². The van der Waals surface area contributed by atoms with Gasteiger partial charge in [-0.2, -0.15) is 0 Å². The van der Waals surface area contributed by atoms with Crippen LogP contribution in [-0.2, 0) is 0 Å². The molecule has 0 radical (unpaired) electrons. The molecule has 23 heavy (non-hydrogen) atoms. The predicted octanol–water partition coefficient (Wildman–Crippen LogP) is 5.20. The number of aliphatic imine (C=N–C) groups is 1. The molecule has 1 fully saturated rings. The van der Waals surface area contributed by atoms with Crippen molar-refractivity contribution in [2.75, 3.05) is 19.6 Å². The second kappa shape index (κ2) is 7.42. The van der Waals surface area contributed by atoms with Crippen molar-refractivity contribution in [1.82, 2.24) is 4.90 Å². The average Bonchev–Trinajstić information content (AvgIpc) is 2.93. The Morgan fingerprint density at radius 2 is 2.00 bits per heavy atom. The number of rotatable bonds is 6. The van der Waals surface area contributed by atoms with Crippen LogP contribution in [0.2, 0.25) is 0 Å². The lowest BCUT2D eigenvalue weighted by atomic mass is 9.87. The monoisotopic (exact) mass is 324 g/mol. The molecule has 2 nitrogen and oxygen atoms in total. The topological polar surface area (TPSA) is 15.6 Å². The van der Waals surface area contributed by atoms with E-state index in [9.17, 15) is 8.78 Å². The Bertz CT molecular complexity index is 470. The number of hydrogen-bond donors (Lipinski definition) is 0. The lowest BCUT2D eigenvalue weighted by Gasteiger charge is -2.30. The van der Waals surface area contributed by atoms with Gasteiger partial charge in [-0.3, -0.25) is 9.89 Å². The molecule has 0 amide bonds. The third kappa shape index (κ3) is 5.10. The Labute approximate surface area is 139 Å². The Hall–Kier alpha value is -0.770. The molecule has 2 heterocycles. The van der Waals surface area contributed by atoms with E-state index >= 15 is 0 Å². The molecule has 3 rings (SSSR count). The van der Waals surface area contributed by atoms with Crippen molar-refractivity contribution in [3.63, 3.8) is 0 Å². The molecule has 0 saturated heterocycles. The molecular formula is C19H30F2N2. The molecule has 0 unspecified atom stereocenters. The first kappa shape index (κ1) is 17.1. The first-order valence-corrected chi connectivity index (χ1v) is 9.37. The maximum absolute atomic E-state index is 13.0. The van der Waals surface area contributed by atoms with Gasteiger partial charge in [0.25, 0.3) is 0 Å². The summed E-state index contributed by atoms with van der Waals surface area (Å²) in [5.74, 6) is -1.65. The Kier molecular flexibility index (Phi) is 5.50. The fraction of sp³-hybridized carbons (Fsp3) is 0.842. The van der Waals surface area contributed by atoms with Crippen LogP contribution in [0.5, 0.6) is 0 Å². The minimum atomic E-state index is -2.57. The highest BCUT2D eigenvalue weighted by atomic mass is 19.3. The van der Waals surface area contributed by atoms with Gasteiger partial charge in [0.15, 0.2) is 0 Å². The zero-order valence-corrected chi connectivity index (χ0v) is 14.4. The van der Waals surface area contributed by atoms with Crippen LogP contribution in [0.25, 0.3) is 0 Å². The van der Waals surface area contributed by atoms with Crippen LogP contribution < -0.4 is 0 Å². The van der Waals surface area contributed by atoms with Gasteiger partial charge in [0.05, 0.1) is 5.70 Å². The van der Waals surface area contributed by atoms with E-state index in [1.165, 1.54) is 56.3 Å². The van der Waals surface area contributed by atoms with E-state index in [1.807, 2.05) is 0 Å². The van der Waals surface area contributed by atoms with Crippen molar-refractivity contribution in [1.29, 1.82) is 0 Å². The molecule has 1 saturated carbocycles. The first-order chi connectivity index (χ1) is 11.0. The van der Waals surface area contributed by atoms with Gasteiger partial charge in [-0.25, -0.2) is 8.78 Å². The van der Waals surface area contributed by atoms with Crippen LogP contribution in [0.1, 0.15) is 71.1 Å². The molecule has 3 aliphatic rings. The largest absolute Gasteiger partial charge is 0.297 e. The van der Waals surface area contributed by atoms with Gasteiger partial charge >= 0.3 is 0 Å². The van der Waals surface area contributed by atoms with E-state index < -0.39 is 5.92 Å². The van der Waals surface area contributed by atoms with Crippen LogP contribution in [-0.4, -0.2) is 36.2 Å². The minimum Gasteiger partial charge on any atom is -0.297 e. The van der Waals surface area contributed by atoms with E-state index in [0.717, 1.165) is 44.5 Å².